The molecule has 2 bridgehead atoms. The summed E-state index contributed by atoms with van der Waals surface area (Å²) in [4.78, 5) is 21.1. The third kappa shape index (κ3) is 3.47. The molecule has 3 aromatic heterocycles. The SMILES string of the molecule is Nc1nccc(Sc2ccc3nc(N4CCC5CNC(C5)C4)cnc3n2)c1Cl. The van der Waals surface area contributed by atoms with Crippen LogP contribution in [0.2, 0.25) is 5.02 Å². The highest BCUT2D eigenvalue weighted by molar-refractivity contribution is 7.99. The van der Waals surface area contributed by atoms with Crippen LogP contribution in [-0.4, -0.2) is 45.6 Å². The zero-order valence-corrected chi connectivity index (χ0v) is 16.7. The van der Waals surface area contributed by atoms with Crippen LogP contribution in [0, 0.1) is 5.92 Å². The largest absolute Gasteiger partial charge is 0.382 e. The van der Waals surface area contributed by atoms with Crippen molar-refractivity contribution in [2.24, 2.45) is 5.92 Å². The van der Waals surface area contributed by atoms with Gasteiger partial charge in [0.05, 0.1) is 11.2 Å². The Hall–Kier alpha value is -2.16. The number of halogens is 1. The molecule has 0 aliphatic carbocycles. The van der Waals surface area contributed by atoms with Crippen LogP contribution in [0.1, 0.15) is 12.8 Å². The topological polar surface area (TPSA) is 92.8 Å². The van der Waals surface area contributed by atoms with Crippen molar-refractivity contribution in [1.82, 2.24) is 25.3 Å². The normalized spacial score (nSPS) is 21.8. The minimum absolute atomic E-state index is 0.317. The summed E-state index contributed by atoms with van der Waals surface area (Å²) in [6.07, 6.45) is 5.94. The van der Waals surface area contributed by atoms with E-state index in [2.05, 4.69) is 25.2 Å². The molecular weight excluding hydrogens is 394 g/mol. The summed E-state index contributed by atoms with van der Waals surface area (Å²) in [5.74, 6) is 2.03. The molecule has 2 aliphatic rings. The predicted molar refractivity (Wildman–Crippen MR) is 112 cm³/mol. The Morgan fingerprint density at radius 2 is 2.14 bits per heavy atom. The third-order valence-corrected chi connectivity index (χ3v) is 6.85. The third-order valence-electron chi connectivity index (χ3n) is 5.35. The molecule has 9 heteroatoms. The van der Waals surface area contributed by atoms with Gasteiger partial charge in [0, 0.05) is 30.2 Å². The summed E-state index contributed by atoms with van der Waals surface area (Å²) >= 11 is 7.67. The second-order valence-electron chi connectivity index (χ2n) is 7.27. The highest BCUT2D eigenvalue weighted by atomic mass is 35.5. The Kier molecular flexibility index (Phi) is 4.70. The zero-order valence-electron chi connectivity index (χ0n) is 15.2. The lowest BCUT2D eigenvalue weighted by atomic mass is 10.0. The quantitative estimate of drug-likeness (QED) is 0.676. The number of nitrogens with one attached hydrogen (secondary N) is 1. The average molecular weight is 414 g/mol. The number of nitrogen functional groups attached to an aromatic ring is 1. The number of rotatable bonds is 3. The molecule has 2 saturated heterocycles. The first-order valence-corrected chi connectivity index (χ1v) is 10.5. The lowest BCUT2D eigenvalue weighted by Crippen LogP contribution is -2.39. The van der Waals surface area contributed by atoms with Crippen molar-refractivity contribution in [2.75, 3.05) is 30.3 Å². The van der Waals surface area contributed by atoms with E-state index in [1.807, 2.05) is 24.4 Å². The van der Waals surface area contributed by atoms with Crippen LogP contribution in [0.4, 0.5) is 11.6 Å². The van der Waals surface area contributed by atoms with Crippen LogP contribution in [0.15, 0.2) is 40.5 Å². The average Bonchev–Trinajstić information content (AvgIpc) is 3.04. The molecule has 2 fully saturated rings. The molecule has 3 N–H and O–H groups in total. The fourth-order valence-corrected chi connectivity index (χ4v) is 4.93. The van der Waals surface area contributed by atoms with Gasteiger partial charge in [-0.05, 0) is 43.5 Å². The van der Waals surface area contributed by atoms with Gasteiger partial charge in [-0.25, -0.2) is 19.9 Å². The van der Waals surface area contributed by atoms with Gasteiger partial charge in [0.25, 0.3) is 0 Å². The van der Waals surface area contributed by atoms with Gasteiger partial charge in [-0.1, -0.05) is 23.4 Å². The lowest BCUT2D eigenvalue weighted by molar-refractivity contribution is 0.538. The maximum Gasteiger partial charge on any atom is 0.179 e. The molecule has 144 valence electrons. The molecule has 2 atom stereocenters. The Balaban J connectivity index is 1.39. The maximum absolute atomic E-state index is 6.23. The van der Waals surface area contributed by atoms with Gasteiger partial charge >= 0.3 is 0 Å². The maximum atomic E-state index is 6.23. The molecule has 0 saturated carbocycles. The molecule has 2 unspecified atom stereocenters. The number of nitrogens with two attached hydrogens (primary N) is 1. The molecule has 2 aliphatic heterocycles. The standard InChI is InChI=1S/C19H20ClN7S/c20-17-14(3-5-22-18(17)21)28-16-2-1-13-19(26-16)24-9-15(25-13)27-6-4-11-7-12(10-27)23-8-11/h1-3,5,9,11-12,23H,4,6-8,10H2,(H2,21,22). The van der Waals surface area contributed by atoms with E-state index in [1.165, 1.54) is 24.6 Å². The Labute approximate surface area is 172 Å². The molecule has 5 heterocycles. The Morgan fingerprint density at radius 1 is 1.21 bits per heavy atom. The Bertz CT molecular complexity index is 1030. The number of nitrogens with zero attached hydrogens (tertiary/aromatic N) is 5. The molecular formula is C19H20ClN7S. The minimum Gasteiger partial charge on any atom is -0.382 e. The van der Waals surface area contributed by atoms with E-state index in [0.29, 0.717) is 22.5 Å². The summed E-state index contributed by atoms with van der Waals surface area (Å²) in [6.45, 7) is 3.17. The first kappa shape index (κ1) is 17.9. The van der Waals surface area contributed by atoms with E-state index >= 15 is 0 Å². The van der Waals surface area contributed by atoms with E-state index in [1.54, 1.807) is 6.20 Å². The number of fused-ring (bicyclic) bond motifs is 3. The van der Waals surface area contributed by atoms with Crippen molar-refractivity contribution < 1.29 is 0 Å². The summed E-state index contributed by atoms with van der Waals surface area (Å²) in [5, 5.41) is 4.84. The van der Waals surface area contributed by atoms with Crippen molar-refractivity contribution in [2.45, 2.75) is 28.8 Å². The van der Waals surface area contributed by atoms with Crippen LogP contribution in [0.3, 0.4) is 0 Å². The molecule has 5 rings (SSSR count). The van der Waals surface area contributed by atoms with Crippen LogP contribution in [0.25, 0.3) is 11.2 Å². The highest BCUT2D eigenvalue weighted by Crippen LogP contribution is 2.35. The monoisotopic (exact) mass is 413 g/mol. The number of hydrogen-bond acceptors (Lipinski definition) is 8. The second kappa shape index (κ2) is 7.35. The van der Waals surface area contributed by atoms with Gasteiger partial charge in [-0.2, -0.15) is 0 Å². The fourth-order valence-electron chi connectivity index (χ4n) is 3.88. The van der Waals surface area contributed by atoms with Crippen LogP contribution in [-0.2, 0) is 0 Å². The van der Waals surface area contributed by atoms with E-state index < -0.39 is 0 Å². The van der Waals surface area contributed by atoms with Crippen LogP contribution < -0.4 is 16.0 Å². The van der Waals surface area contributed by atoms with Crippen molar-refractivity contribution in [3.05, 3.63) is 35.6 Å². The van der Waals surface area contributed by atoms with E-state index in [9.17, 15) is 0 Å². The van der Waals surface area contributed by atoms with Crippen LogP contribution in [0.5, 0.6) is 0 Å². The highest BCUT2D eigenvalue weighted by Gasteiger charge is 2.30. The number of anilines is 2. The zero-order chi connectivity index (χ0) is 19.1. The molecule has 0 aromatic carbocycles. The number of hydrogen-bond donors (Lipinski definition) is 2. The molecule has 28 heavy (non-hydrogen) atoms. The van der Waals surface area contributed by atoms with Gasteiger partial charge in [0.15, 0.2) is 5.65 Å². The first-order chi connectivity index (χ1) is 13.7. The van der Waals surface area contributed by atoms with E-state index in [4.69, 9.17) is 22.3 Å². The molecule has 7 nitrogen and oxygen atoms in total. The van der Waals surface area contributed by atoms with Crippen molar-refractivity contribution >= 4 is 46.2 Å². The lowest BCUT2D eigenvalue weighted by Gasteiger charge is -2.26. The summed E-state index contributed by atoms with van der Waals surface area (Å²) in [7, 11) is 0. The molecule has 0 spiro atoms. The molecule has 3 aromatic rings. The van der Waals surface area contributed by atoms with E-state index in [0.717, 1.165) is 46.8 Å². The number of pyridine rings is 2. The number of aromatic nitrogens is 4. The summed E-state index contributed by atoms with van der Waals surface area (Å²) < 4.78 is 0. The van der Waals surface area contributed by atoms with Crippen molar-refractivity contribution in [3.8, 4) is 0 Å². The second-order valence-corrected chi connectivity index (χ2v) is 8.71. The van der Waals surface area contributed by atoms with Gasteiger partial charge in [-0.15, -0.1) is 0 Å². The summed E-state index contributed by atoms with van der Waals surface area (Å²) in [5.41, 5.74) is 7.20. The first-order valence-electron chi connectivity index (χ1n) is 9.35. The predicted octanol–water partition coefficient (Wildman–Crippen LogP) is 2.99. The van der Waals surface area contributed by atoms with Gasteiger partial charge in [-0.3, -0.25) is 0 Å². The van der Waals surface area contributed by atoms with Crippen LogP contribution >= 0.6 is 23.4 Å². The van der Waals surface area contributed by atoms with Gasteiger partial charge in [0.2, 0.25) is 0 Å². The van der Waals surface area contributed by atoms with Gasteiger partial charge < -0.3 is 16.0 Å². The van der Waals surface area contributed by atoms with Crippen molar-refractivity contribution in [3.63, 3.8) is 0 Å². The van der Waals surface area contributed by atoms with Crippen molar-refractivity contribution in [1.29, 1.82) is 0 Å². The molecule has 0 amide bonds. The fraction of sp³-hybridized carbons (Fsp3) is 0.368. The Morgan fingerprint density at radius 3 is 3.07 bits per heavy atom. The summed E-state index contributed by atoms with van der Waals surface area (Å²) in [6, 6.07) is 6.27. The van der Waals surface area contributed by atoms with E-state index in [-0.39, 0.29) is 0 Å². The minimum atomic E-state index is 0.317. The molecule has 0 radical (unpaired) electrons. The van der Waals surface area contributed by atoms with Gasteiger partial charge in [0.1, 0.15) is 22.2 Å². The smallest absolute Gasteiger partial charge is 0.179 e.